The molecule has 2 N–H and O–H groups in total. The summed E-state index contributed by atoms with van der Waals surface area (Å²) in [4.78, 5) is 12.4. The van der Waals surface area contributed by atoms with Gasteiger partial charge in [-0.2, -0.15) is 5.26 Å². The number of phenols is 1. The number of nitrogens with zero attached hydrogens (tertiary/aromatic N) is 1. The Morgan fingerprint density at radius 2 is 1.70 bits per heavy atom. The number of phenolic OH excluding ortho intramolecular Hbond substituents is 1. The number of carbonyl (C=O) groups is 1. The molecule has 0 fully saturated rings. The molecule has 112 valence electrons. The van der Waals surface area contributed by atoms with Crippen molar-refractivity contribution in [1.82, 2.24) is 0 Å². The van der Waals surface area contributed by atoms with Crippen LogP contribution in [0.15, 0.2) is 60.7 Å². The predicted molar refractivity (Wildman–Crippen MR) is 89.3 cm³/mol. The van der Waals surface area contributed by atoms with Gasteiger partial charge < -0.3 is 10.4 Å². The lowest BCUT2D eigenvalue weighted by Crippen LogP contribution is -2.12. The van der Waals surface area contributed by atoms with E-state index < -0.39 is 0 Å². The molecular weight excluding hydrogens is 288 g/mol. The average Bonchev–Trinajstić information content (AvgIpc) is 2.56. The Morgan fingerprint density at radius 1 is 1.04 bits per heavy atom. The van der Waals surface area contributed by atoms with Crippen LogP contribution in [0.2, 0.25) is 0 Å². The van der Waals surface area contributed by atoms with Crippen molar-refractivity contribution in [2.45, 2.75) is 6.42 Å². The molecule has 1 amide bonds. The molecule has 0 saturated heterocycles. The number of aromatic hydroxyl groups is 1. The van der Waals surface area contributed by atoms with Gasteiger partial charge in [-0.05, 0) is 40.6 Å². The summed E-state index contributed by atoms with van der Waals surface area (Å²) in [6.07, 6.45) is 0.333. The zero-order valence-corrected chi connectivity index (χ0v) is 12.3. The van der Waals surface area contributed by atoms with Crippen LogP contribution in [-0.4, -0.2) is 11.0 Å². The predicted octanol–water partition coefficient (Wildman–Crippen LogP) is 3.86. The second-order valence-corrected chi connectivity index (χ2v) is 5.20. The van der Waals surface area contributed by atoms with Crippen molar-refractivity contribution in [3.63, 3.8) is 0 Å². The molecule has 4 heteroatoms. The van der Waals surface area contributed by atoms with Crippen molar-refractivity contribution in [3.05, 3.63) is 71.8 Å². The summed E-state index contributed by atoms with van der Waals surface area (Å²) >= 11 is 0. The first-order valence-electron chi connectivity index (χ1n) is 7.16. The van der Waals surface area contributed by atoms with Crippen LogP contribution in [0.3, 0.4) is 0 Å². The average molecular weight is 302 g/mol. The fourth-order valence-corrected chi connectivity index (χ4v) is 2.41. The second-order valence-electron chi connectivity index (χ2n) is 5.20. The van der Waals surface area contributed by atoms with Crippen molar-refractivity contribution < 1.29 is 9.90 Å². The summed E-state index contributed by atoms with van der Waals surface area (Å²) in [5.41, 5.74) is 1.73. The highest BCUT2D eigenvalue weighted by Crippen LogP contribution is 2.25. The molecule has 23 heavy (non-hydrogen) atoms. The number of nitriles is 1. The fourth-order valence-electron chi connectivity index (χ4n) is 2.41. The first kappa shape index (κ1) is 14.6. The van der Waals surface area contributed by atoms with Gasteiger partial charge in [-0.3, -0.25) is 4.79 Å². The number of anilines is 1. The van der Waals surface area contributed by atoms with E-state index in [0.717, 1.165) is 16.3 Å². The SMILES string of the molecule is N#CCc1ccc(NC(=O)c2cc3ccccc3cc2O)cc1. The van der Waals surface area contributed by atoms with E-state index in [9.17, 15) is 9.90 Å². The molecule has 0 radical (unpaired) electrons. The van der Waals surface area contributed by atoms with Gasteiger partial charge in [0.25, 0.3) is 5.91 Å². The first-order chi connectivity index (χ1) is 11.2. The van der Waals surface area contributed by atoms with E-state index in [0.29, 0.717) is 12.1 Å². The minimum Gasteiger partial charge on any atom is -0.507 e. The highest BCUT2D eigenvalue weighted by atomic mass is 16.3. The van der Waals surface area contributed by atoms with Gasteiger partial charge in [0, 0.05) is 5.69 Å². The monoisotopic (exact) mass is 302 g/mol. The van der Waals surface area contributed by atoms with E-state index in [1.54, 1.807) is 36.4 Å². The van der Waals surface area contributed by atoms with Crippen LogP contribution in [0.5, 0.6) is 5.75 Å². The molecular formula is C19H14N2O2. The maximum absolute atomic E-state index is 12.4. The van der Waals surface area contributed by atoms with Gasteiger partial charge in [-0.15, -0.1) is 0 Å². The van der Waals surface area contributed by atoms with E-state index >= 15 is 0 Å². The summed E-state index contributed by atoms with van der Waals surface area (Å²) in [7, 11) is 0. The first-order valence-corrected chi connectivity index (χ1v) is 7.16. The Labute approximate surface area is 133 Å². The van der Waals surface area contributed by atoms with Crippen LogP contribution in [0.1, 0.15) is 15.9 Å². The van der Waals surface area contributed by atoms with E-state index in [-0.39, 0.29) is 17.2 Å². The van der Waals surface area contributed by atoms with Crippen molar-refractivity contribution >= 4 is 22.4 Å². The summed E-state index contributed by atoms with van der Waals surface area (Å²) in [5.74, 6) is -0.427. The van der Waals surface area contributed by atoms with Crippen molar-refractivity contribution in [1.29, 1.82) is 5.26 Å². The Balaban J connectivity index is 1.85. The lowest BCUT2D eigenvalue weighted by Gasteiger charge is -2.09. The van der Waals surface area contributed by atoms with Crippen molar-refractivity contribution in [2.75, 3.05) is 5.32 Å². The van der Waals surface area contributed by atoms with Crippen LogP contribution in [-0.2, 0) is 6.42 Å². The number of hydrogen-bond donors (Lipinski definition) is 2. The molecule has 4 nitrogen and oxygen atoms in total. The maximum atomic E-state index is 12.4. The van der Waals surface area contributed by atoms with Crippen LogP contribution in [0.4, 0.5) is 5.69 Å². The summed E-state index contributed by atoms with van der Waals surface area (Å²) in [6, 6.07) is 19.9. The van der Waals surface area contributed by atoms with Crippen molar-refractivity contribution in [2.24, 2.45) is 0 Å². The molecule has 0 atom stereocenters. The third-order valence-electron chi connectivity index (χ3n) is 3.60. The van der Waals surface area contributed by atoms with Crippen LogP contribution in [0.25, 0.3) is 10.8 Å². The molecule has 0 aliphatic carbocycles. The lowest BCUT2D eigenvalue weighted by atomic mass is 10.1. The molecule has 0 unspecified atom stereocenters. The highest BCUT2D eigenvalue weighted by molar-refractivity contribution is 6.08. The molecule has 0 spiro atoms. The number of carbonyl (C=O) groups excluding carboxylic acids is 1. The number of hydrogen-bond acceptors (Lipinski definition) is 3. The largest absolute Gasteiger partial charge is 0.507 e. The second kappa shape index (κ2) is 6.20. The van der Waals surface area contributed by atoms with Crippen LogP contribution >= 0.6 is 0 Å². The number of amides is 1. The quantitative estimate of drug-likeness (QED) is 0.771. The van der Waals surface area contributed by atoms with Gasteiger partial charge in [0.1, 0.15) is 5.75 Å². The van der Waals surface area contributed by atoms with Gasteiger partial charge in [0.15, 0.2) is 0 Å². The summed E-state index contributed by atoms with van der Waals surface area (Å²) in [5, 5.41) is 23.2. The molecule has 0 bridgehead atoms. The lowest BCUT2D eigenvalue weighted by molar-refractivity contribution is 0.102. The van der Waals surface area contributed by atoms with E-state index in [4.69, 9.17) is 5.26 Å². The third-order valence-corrected chi connectivity index (χ3v) is 3.60. The zero-order valence-electron chi connectivity index (χ0n) is 12.3. The third kappa shape index (κ3) is 3.14. The number of fused-ring (bicyclic) bond motifs is 1. The van der Waals surface area contributed by atoms with E-state index in [2.05, 4.69) is 11.4 Å². The number of rotatable bonds is 3. The number of benzene rings is 3. The zero-order chi connectivity index (χ0) is 16.2. The van der Waals surface area contributed by atoms with Crippen LogP contribution < -0.4 is 5.32 Å². The molecule has 0 saturated carbocycles. The highest BCUT2D eigenvalue weighted by Gasteiger charge is 2.12. The Bertz CT molecular complexity index is 909. The van der Waals surface area contributed by atoms with Crippen molar-refractivity contribution in [3.8, 4) is 11.8 Å². The fraction of sp³-hybridized carbons (Fsp3) is 0.0526. The Hall–Kier alpha value is -3.32. The van der Waals surface area contributed by atoms with E-state index in [1.807, 2.05) is 24.3 Å². The normalized spacial score (nSPS) is 10.2. The van der Waals surface area contributed by atoms with Crippen LogP contribution in [0, 0.1) is 11.3 Å². The molecule has 0 heterocycles. The molecule has 0 aliphatic heterocycles. The Kier molecular flexibility index (Phi) is 3.94. The van der Waals surface area contributed by atoms with Gasteiger partial charge in [0.2, 0.25) is 0 Å². The minimum absolute atomic E-state index is 0.0534. The minimum atomic E-state index is -0.374. The van der Waals surface area contributed by atoms with E-state index in [1.165, 1.54) is 0 Å². The molecule has 3 aromatic carbocycles. The summed E-state index contributed by atoms with van der Waals surface area (Å²) < 4.78 is 0. The van der Waals surface area contributed by atoms with Gasteiger partial charge in [0.05, 0.1) is 18.1 Å². The standard InChI is InChI=1S/C19H14N2O2/c20-10-9-13-5-7-16(8-6-13)21-19(23)17-11-14-3-1-2-4-15(14)12-18(17)22/h1-8,11-12,22H,9H2,(H,21,23). The Morgan fingerprint density at radius 3 is 2.35 bits per heavy atom. The molecule has 3 aromatic rings. The van der Waals surface area contributed by atoms with Gasteiger partial charge in [-0.1, -0.05) is 36.4 Å². The van der Waals surface area contributed by atoms with Gasteiger partial charge in [-0.25, -0.2) is 0 Å². The molecule has 0 aliphatic rings. The maximum Gasteiger partial charge on any atom is 0.259 e. The van der Waals surface area contributed by atoms with Gasteiger partial charge >= 0.3 is 0 Å². The topological polar surface area (TPSA) is 73.1 Å². The smallest absolute Gasteiger partial charge is 0.259 e. The number of nitrogens with one attached hydrogen (secondary N) is 1. The molecule has 0 aromatic heterocycles. The molecule has 3 rings (SSSR count). The summed E-state index contributed by atoms with van der Waals surface area (Å²) in [6.45, 7) is 0.